The molecule has 0 unspecified atom stereocenters. The maximum absolute atomic E-state index is 11.9. The predicted molar refractivity (Wildman–Crippen MR) is 79.7 cm³/mol. The lowest BCUT2D eigenvalue weighted by atomic mass is 10.2. The Kier molecular flexibility index (Phi) is 5.19. The number of esters is 1. The number of carbonyl (C=O) groups is 2. The molecular formula is C15H16N2O6. The largest absolute Gasteiger partial charge is 0.497 e. The van der Waals surface area contributed by atoms with Crippen molar-refractivity contribution in [3.05, 3.63) is 35.7 Å². The summed E-state index contributed by atoms with van der Waals surface area (Å²) in [6.45, 7) is 1.20. The average molecular weight is 320 g/mol. The van der Waals surface area contributed by atoms with Gasteiger partial charge < -0.3 is 24.1 Å². The fraction of sp³-hybridized carbons (Fsp3) is 0.267. The first-order chi connectivity index (χ1) is 11.0. The van der Waals surface area contributed by atoms with E-state index < -0.39 is 18.5 Å². The molecular weight excluding hydrogens is 304 g/mol. The molecule has 1 aromatic carbocycles. The van der Waals surface area contributed by atoms with Crippen LogP contribution < -0.4 is 14.8 Å². The monoisotopic (exact) mass is 320 g/mol. The Morgan fingerprint density at radius 1 is 1.22 bits per heavy atom. The molecule has 0 radical (unpaired) electrons. The highest BCUT2D eigenvalue weighted by Gasteiger charge is 2.16. The fourth-order valence-corrected chi connectivity index (χ4v) is 1.76. The third-order valence-corrected chi connectivity index (χ3v) is 2.84. The van der Waals surface area contributed by atoms with Crippen molar-refractivity contribution in [1.82, 2.24) is 5.16 Å². The highest BCUT2D eigenvalue weighted by molar-refractivity contribution is 5.95. The molecule has 8 nitrogen and oxygen atoms in total. The topological polar surface area (TPSA) is 99.9 Å². The summed E-state index contributed by atoms with van der Waals surface area (Å²) in [5.74, 6) is -0.347. The van der Waals surface area contributed by atoms with Crippen LogP contribution in [-0.2, 0) is 9.53 Å². The lowest BCUT2D eigenvalue weighted by molar-refractivity contribution is -0.119. The minimum absolute atomic E-state index is 0.0609. The van der Waals surface area contributed by atoms with Crippen LogP contribution in [0.1, 0.15) is 16.2 Å². The van der Waals surface area contributed by atoms with Gasteiger partial charge in [0.2, 0.25) is 5.76 Å². The van der Waals surface area contributed by atoms with Gasteiger partial charge in [0.1, 0.15) is 11.5 Å². The second-order valence-corrected chi connectivity index (χ2v) is 4.52. The van der Waals surface area contributed by atoms with Gasteiger partial charge in [-0.1, -0.05) is 5.16 Å². The van der Waals surface area contributed by atoms with Crippen molar-refractivity contribution in [2.75, 3.05) is 26.1 Å². The van der Waals surface area contributed by atoms with E-state index in [1.807, 2.05) is 0 Å². The lowest BCUT2D eigenvalue weighted by Gasteiger charge is -2.11. The Morgan fingerprint density at radius 2 is 2.00 bits per heavy atom. The number of rotatable bonds is 6. The number of hydrogen-bond acceptors (Lipinski definition) is 7. The first-order valence-electron chi connectivity index (χ1n) is 6.66. The Hall–Kier alpha value is -3.03. The molecule has 0 fully saturated rings. The fourth-order valence-electron chi connectivity index (χ4n) is 1.76. The number of benzene rings is 1. The summed E-state index contributed by atoms with van der Waals surface area (Å²) in [7, 11) is 2.98. The second-order valence-electron chi connectivity index (χ2n) is 4.52. The van der Waals surface area contributed by atoms with Crippen molar-refractivity contribution in [2.24, 2.45) is 0 Å². The van der Waals surface area contributed by atoms with Crippen LogP contribution in [0.3, 0.4) is 0 Å². The number of aryl methyl sites for hydroxylation is 1. The van der Waals surface area contributed by atoms with Crippen molar-refractivity contribution in [2.45, 2.75) is 6.92 Å². The number of nitrogens with zero attached hydrogens (tertiary/aromatic N) is 1. The third kappa shape index (κ3) is 4.22. The quantitative estimate of drug-likeness (QED) is 0.810. The van der Waals surface area contributed by atoms with Crippen molar-refractivity contribution in [1.29, 1.82) is 0 Å². The summed E-state index contributed by atoms with van der Waals surface area (Å²) in [6.07, 6.45) is 0. The molecule has 0 aliphatic carbocycles. The van der Waals surface area contributed by atoms with Crippen LogP contribution in [0, 0.1) is 6.92 Å². The highest BCUT2D eigenvalue weighted by Crippen LogP contribution is 2.28. The number of carbonyl (C=O) groups excluding carboxylic acids is 2. The standard InChI is InChI=1S/C15H16N2O6/c1-9-6-13(23-17-9)15(19)22-8-14(18)16-11-7-10(20-2)4-5-12(11)21-3/h4-7H,8H2,1-3H3,(H,16,18). The van der Waals surface area contributed by atoms with Crippen molar-refractivity contribution >= 4 is 17.6 Å². The number of hydrogen-bond donors (Lipinski definition) is 1. The van der Waals surface area contributed by atoms with Gasteiger partial charge in [0, 0.05) is 12.1 Å². The minimum atomic E-state index is -0.765. The molecule has 0 spiro atoms. The van der Waals surface area contributed by atoms with Crippen LogP contribution in [0.5, 0.6) is 11.5 Å². The molecule has 122 valence electrons. The van der Waals surface area contributed by atoms with E-state index >= 15 is 0 Å². The van der Waals surface area contributed by atoms with Crippen LogP contribution in [0.25, 0.3) is 0 Å². The normalized spacial score (nSPS) is 10.0. The van der Waals surface area contributed by atoms with Crippen molar-refractivity contribution in [3.63, 3.8) is 0 Å². The van der Waals surface area contributed by atoms with Gasteiger partial charge in [-0.25, -0.2) is 4.79 Å². The summed E-state index contributed by atoms with van der Waals surface area (Å²) in [6, 6.07) is 6.36. The van der Waals surface area contributed by atoms with Gasteiger partial charge in [0.15, 0.2) is 6.61 Å². The summed E-state index contributed by atoms with van der Waals surface area (Å²) in [5, 5.41) is 6.15. The molecule has 2 aromatic rings. The highest BCUT2D eigenvalue weighted by atomic mass is 16.6. The summed E-state index contributed by atoms with van der Waals surface area (Å²) in [4.78, 5) is 23.5. The van der Waals surface area contributed by atoms with E-state index in [0.29, 0.717) is 22.9 Å². The SMILES string of the molecule is COc1ccc(OC)c(NC(=O)COC(=O)c2cc(C)no2)c1. The summed E-state index contributed by atoms with van der Waals surface area (Å²) in [5.41, 5.74) is 0.950. The second kappa shape index (κ2) is 7.30. The average Bonchev–Trinajstić information content (AvgIpc) is 2.99. The van der Waals surface area contributed by atoms with Gasteiger partial charge in [-0.3, -0.25) is 4.79 Å². The van der Waals surface area contributed by atoms with E-state index in [1.165, 1.54) is 20.3 Å². The van der Waals surface area contributed by atoms with Crippen LogP contribution in [0.15, 0.2) is 28.8 Å². The first kappa shape index (κ1) is 16.3. The number of anilines is 1. The molecule has 0 atom stereocenters. The lowest BCUT2D eigenvalue weighted by Crippen LogP contribution is -2.21. The molecule has 2 rings (SSSR count). The minimum Gasteiger partial charge on any atom is -0.497 e. The first-order valence-corrected chi connectivity index (χ1v) is 6.66. The Bertz CT molecular complexity index is 710. The molecule has 8 heteroatoms. The molecule has 1 aromatic heterocycles. The van der Waals surface area contributed by atoms with Gasteiger partial charge >= 0.3 is 5.97 Å². The van der Waals surface area contributed by atoms with E-state index in [-0.39, 0.29) is 5.76 Å². The molecule has 0 aliphatic rings. The van der Waals surface area contributed by atoms with Gasteiger partial charge in [-0.2, -0.15) is 0 Å². The Morgan fingerprint density at radius 3 is 2.61 bits per heavy atom. The van der Waals surface area contributed by atoms with E-state index in [9.17, 15) is 9.59 Å². The number of ether oxygens (including phenoxy) is 3. The van der Waals surface area contributed by atoms with E-state index in [2.05, 4.69) is 10.5 Å². The molecule has 1 amide bonds. The summed E-state index contributed by atoms with van der Waals surface area (Å²) >= 11 is 0. The summed E-state index contributed by atoms with van der Waals surface area (Å²) < 4.78 is 19.8. The van der Waals surface area contributed by atoms with Gasteiger partial charge in [0.25, 0.3) is 5.91 Å². The molecule has 0 bridgehead atoms. The Balaban J connectivity index is 1.95. The van der Waals surface area contributed by atoms with Crippen molar-refractivity contribution in [3.8, 4) is 11.5 Å². The zero-order chi connectivity index (χ0) is 16.8. The van der Waals surface area contributed by atoms with Gasteiger partial charge in [-0.15, -0.1) is 0 Å². The number of nitrogens with one attached hydrogen (secondary N) is 1. The van der Waals surface area contributed by atoms with Crippen LogP contribution >= 0.6 is 0 Å². The van der Waals surface area contributed by atoms with Gasteiger partial charge in [0.05, 0.1) is 25.6 Å². The zero-order valence-corrected chi connectivity index (χ0v) is 12.9. The molecule has 23 heavy (non-hydrogen) atoms. The van der Waals surface area contributed by atoms with Gasteiger partial charge in [-0.05, 0) is 19.1 Å². The zero-order valence-electron chi connectivity index (χ0n) is 12.9. The molecule has 0 saturated heterocycles. The predicted octanol–water partition coefficient (Wildman–Crippen LogP) is 1.80. The van der Waals surface area contributed by atoms with Crippen LogP contribution in [0.2, 0.25) is 0 Å². The van der Waals surface area contributed by atoms with E-state index in [4.69, 9.17) is 18.7 Å². The maximum atomic E-state index is 11.9. The molecule has 1 N–H and O–H groups in total. The van der Waals surface area contributed by atoms with Crippen LogP contribution in [0.4, 0.5) is 5.69 Å². The van der Waals surface area contributed by atoms with E-state index in [0.717, 1.165) is 0 Å². The van der Waals surface area contributed by atoms with Crippen molar-refractivity contribution < 1.29 is 28.3 Å². The van der Waals surface area contributed by atoms with E-state index in [1.54, 1.807) is 25.1 Å². The molecule has 0 aliphatic heterocycles. The third-order valence-electron chi connectivity index (χ3n) is 2.84. The Labute approximate surface area is 132 Å². The molecule has 0 saturated carbocycles. The maximum Gasteiger partial charge on any atom is 0.377 e. The number of amides is 1. The van der Waals surface area contributed by atoms with Crippen LogP contribution in [-0.4, -0.2) is 37.9 Å². The smallest absolute Gasteiger partial charge is 0.377 e. The number of aromatic nitrogens is 1. The number of methoxy groups -OCH3 is 2. The molecule has 1 heterocycles.